The average molecular weight is 366 g/mol. The summed E-state index contributed by atoms with van der Waals surface area (Å²) in [7, 11) is 0. The summed E-state index contributed by atoms with van der Waals surface area (Å²) in [4.78, 5) is 28.6. The number of carboxylic acid groups (broad SMARTS) is 1. The van der Waals surface area contributed by atoms with Gasteiger partial charge in [0.25, 0.3) is 5.91 Å². The fraction of sp³-hybridized carbons (Fsp3) is 0.643. The molecule has 1 unspecified atom stereocenters. The number of alkyl halides is 3. The number of aliphatic carboxylic acids is 1. The van der Waals surface area contributed by atoms with Gasteiger partial charge >= 0.3 is 12.1 Å². The van der Waals surface area contributed by atoms with Crippen LogP contribution in [0.3, 0.4) is 0 Å². The van der Waals surface area contributed by atoms with Gasteiger partial charge in [-0.2, -0.15) is 13.2 Å². The zero-order valence-electron chi connectivity index (χ0n) is 13.0. The summed E-state index contributed by atoms with van der Waals surface area (Å²) < 4.78 is 44.3. The van der Waals surface area contributed by atoms with E-state index in [-0.39, 0.29) is 11.0 Å². The second-order valence-electron chi connectivity index (χ2n) is 5.46. The standard InChI is InChI=1S/C14H17F3N2O4S/c1-3-23-7(2)11-18-4-10(24-11)12(20)19-5-8(13(21)22)9(6-19)14(15,16)17/h4,7-9H,3,5-6H2,1-2H3,(H,21,22)/t7?,8-,9-/m1/s1. The molecule has 1 fully saturated rings. The van der Waals surface area contributed by atoms with Crippen molar-refractivity contribution in [1.29, 1.82) is 0 Å². The molecule has 1 aromatic heterocycles. The summed E-state index contributed by atoms with van der Waals surface area (Å²) in [5.74, 6) is -5.90. The van der Waals surface area contributed by atoms with Crippen LogP contribution < -0.4 is 0 Å². The van der Waals surface area contributed by atoms with Gasteiger partial charge in [0, 0.05) is 19.7 Å². The van der Waals surface area contributed by atoms with Crippen molar-refractivity contribution in [2.75, 3.05) is 19.7 Å². The number of carboxylic acids is 1. The van der Waals surface area contributed by atoms with E-state index in [9.17, 15) is 22.8 Å². The molecule has 2 heterocycles. The maximum atomic E-state index is 13.0. The van der Waals surface area contributed by atoms with E-state index >= 15 is 0 Å². The molecule has 10 heteroatoms. The highest BCUT2D eigenvalue weighted by Crippen LogP contribution is 2.38. The minimum atomic E-state index is -4.67. The van der Waals surface area contributed by atoms with Gasteiger partial charge in [-0.25, -0.2) is 4.98 Å². The van der Waals surface area contributed by atoms with Crippen molar-refractivity contribution in [2.24, 2.45) is 11.8 Å². The number of hydrogen-bond acceptors (Lipinski definition) is 5. The lowest BCUT2D eigenvalue weighted by Crippen LogP contribution is -2.34. The Balaban J connectivity index is 2.14. The van der Waals surface area contributed by atoms with Crippen LogP contribution in [0.2, 0.25) is 0 Å². The molecular formula is C14H17F3N2O4S. The molecule has 0 aliphatic carbocycles. The monoisotopic (exact) mass is 366 g/mol. The molecule has 134 valence electrons. The SMILES string of the molecule is CCOC(C)c1ncc(C(=O)N2C[C@@H](C(F)(F)F)[C@H](C(=O)O)C2)s1. The second kappa shape index (κ2) is 7.06. The molecule has 2 rings (SSSR count). The van der Waals surface area contributed by atoms with Crippen LogP contribution in [0.15, 0.2) is 6.20 Å². The zero-order valence-corrected chi connectivity index (χ0v) is 13.9. The van der Waals surface area contributed by atoms with Crippen molar-refractivity contribution in [2.45, 2.75) is 26.1 Å². The maximum Gasteiger partial charge on any atom is 0.394 e. The number of amides is 1. The molecule has 0 aromatic carbocycles. The molecule has 1 aromatic rings. The van der Waals surface area contributed by atoms with Crippen LogP contribution in [-0.2, 0) is 9.53 Å². The lowest BCUT2D eigenvalue weighted by Gasteiger charge is -2.18. The number of carbonyl (C=O) groups excluding carboxylic acids is 1. The van der Waals surface area contributed by atoms with Gasteiger partial charge in [0.1, 0.15) is 16.0 Å². The van der Waals surface area contributed by atoms with Crippen molar-refractivity contribution in [3.8, 4) is 0 Å². The third kappa shape index (κ3) is 3.86. The van der Waals surface area contributed by atoms with E-state index in [1.807, 2.05) is 6.92 Å². The van der Waals surface area contributed by atoms with Gasteiger partial charge in [-0.3, -0.25) is 9.59 Å². The van der Waals surface area contributed by atoms with E-state index in [1.54, 1.807) is 6.92 Å². The fourth-order valence-electron chi connectivity index (χ4n) is 2.60. The molecule has 6 nitrogen and oxygen atoms in total. The van der Waals surface area contributed by atoms with Crippen LogP contribution in [0.5, 0.6) is 0 Å². The highest BCUT2D eigenvalue weighted by Gasteiger charge is 2.53. The van der Waals surface area contributed by atoms with Crippen LogP contribution in [0.1, 0.15) is 34.6 Å². The Morgan fingerprint density at radius 1 is 1.50 bits per heavy atom. The van der Waals surface area contributed by atoms with Gasteiger partial charge in [-0.15, -0.1) is 11.3 Å². The number of carbonyl (C=O) groups is 2. The second-order valence-corrected chi connectivity index (χ2v) is 6.53. The molecule has 1 N–H and O–H groups in total. The van der Waals surface area contributed by atoms with Crippen molar-refractivity contribution in [1.82, 2.24) is 9.88 Å². The summed E-state index contributed by atoms with van der Waals surface area (Å²) >= 11 is 1.04. The fourth-order valence-corrected chi connectivity index (χ4v) is 3.49. The Labute approximate surface area is 140 Å². The highest BCUT2D eigenvalue weighted by molar-refractivity contribution is 7.13. The quantitative estimate of drug-likeness (QED) is 0.866. The minimum absolute atomic E-state index is 0.170. The van der Waals surface area contributed by atoms with Crippen molar-refractivity contribution in [3.63, 3.8) is 0 Å². The highest BCUT2D eigenvalue weighted by atomic mass is 32.1. The van der Waals surface area contributed by atoms with Gasteiger partial charge in [-0.1, -0.05) is 0 Å². The van der Waals surface area contributed by atoms with Gasteiger partial charge in [0.2, 0.25) is 0 Å². The molecule has 1 aliphatic heterocycles. The van der Waals surface area contributed by atoms with Gasteiger partial charge in [0.05, 0.1) is 18.0 Å². The molecule has 1 aliphatic rings. The normalized spacial score (nSPS) is 22.6. The van der Waals surface area contributed by atoms with Crippen LogP contribution in [0.25, 0.3) is 0 Å². The molecular weight excluding hydrogens is 349 g/mol. The largest absolute Gasteiger partial charge is 0.481 e. The van der Waals surface area contributed by atoms with E-state index < -0.39 is 43.0 Å². The smallest absolute Gasteiger partial charge is 0.394 e. The number of halogens is 3. The molecule has 0 spiro atoms. The zero-order chi connectivity index (χ0) is 18.1. The molecule has 0 bridgehead atoms. The Bertz CT molecular complexity index is 619. The molecule has 1 amide bonds. The summed E-state index contributed by atoms with van der Waals surface area (Å²) in [6.07, 6.45) is -3.70. The van der Waals surface area contributed by atoms with Gasteiger partial charge < -0.3 is 14.7 Å². The summed E-state index contributed by atoms with van der Waals surface area (Å²) in [6.45, 7) is 2.90. The van der Waals surface area contributed by atoms with E-state index in [2.05, 4.69) is 4.98 Å². The van der Waals surface area contributed by atoms with E-state index in [0.29, 0.717) is 11.6 Å². The van der Waals surface area contributed by atoms with Crippen molar-refractivity contribution in [3.05, 3.63) is 16.1 Å². The number of hydrogen-bond donors (Lipinski definition) is 1. The topological polar surface area (TPSA) is 79.7 Å². The summed E-state index contributed by atoms with van der Waals surface area (Å²) in [5, 5.41) is 9.53. The number of thiazole rings is 1. The molecule has 24 heavy (non-hydrogen) atoms. The third-order valence-electron chi connectivity index (χ3n) is 3.84. The van der Waals surface area contributed by atoms with Crippen molar-refractivity contribution >= 4 is 23.2 Å². The first-order valence-electron chi connectivity index (χ1n) is 7.31. The first kappa shape index (κ1) is 18.7. The number of aromatic nitrogens is 1. The first-order chi connectivity index (χ1) is 11.1. The number of rotatable bonds is 5. The summed E-state index contributed by atoms with van der Waals surface area (Å²) in [6, 6.07) is 0. The van der Waals surface area contributed by atoms with Gasteiger partial charge in [-0.05, 0) is 13.8 Å². The molecule has 0 saturated carbocycles. The van der Waals surface area contributed by atoms with Crippen LogP contribution in [-0.4, -0.2) is 52.7 Å². The number of ether oxygens (including phenoxy) is 1. The van der Waals surface area contributed by atoms with E-state index in [1.165, 1.54) is 6.20 Å². The Morgan fingerprint density at radius 2 is 2.17 bits per heavy atom. The Morgan fingerprint density at radius 3 is 2.67 bits per heavy atom. The van der Waals surface area contributed by atoms with Crippen LogP contribution >= 0.6 is 11.3 Å². The maximum absolute atomic E-state index is 13.0. The lowest BCUT2D eigenvalue weighted by molar-refractivity contribution is -0.187. The predicted octanol–water partition coefficient (Wildman–Crippen LogP) is 2.58. The Kier molecular flexibility index (Phi) is 5.49. The van der Waals surface area contributed by atoms with Crippen LogP contribution in [0, 0.1) is 11.8 Å². The van der Waals surface area contributed by atoms with Gasteiger partial charge in [0.15, 0.2) is 0 Å². The number of likely N-dealkylation sites (tertiary alicyclic amines) is 1. The van der Waals surface area contributed by atoms with E-state index in [0.717, 1.165) is 16.2 Å². The molecule has 3 atom stereocenters. The Hall–Kier alpha value is -1.68. The predicted molar refractivity (Wildman–Crippen MR) is 78.7 cm³/mol. The van der Waals surface area contributed by atoms with Crippen LogP contribution in [0.4, 0.5) is 13.2 Å². The minimum Gasteiger partial charge on any atom is -0.481 e. The first-order valence-corrected chi connectivity index (χ1v) is 8.12. The summed E-state index contributed by atoms with van der Waals surface area (Å²) in [5.41, 5.74) is 0. The average Bonchev–Trinajstić information content (AvgIpc) is 3.13. The third-order valence-corrected chi connectivity index (χ3v) is 4.99. The van der Waals surface area contributed by atoms with E-state index in [4.69, 9.17) is 9.84 Å². The number of nitrogens with zero attached hydrogens (tertiary/aromatic N) is 2. The lowest BCUT2D eigenvalue weighted by atomic mass is 9.96. The van der Waals surface area contributed by atoms with Crippen molar-refractivity contribution < 1.29 is 32.6 Å². The molecule has 1 saturated heterocycles. The molecule has 0 radical (unpaired) electrons.